The van der Waals surface area contributed by atoms with Crippen LogP contribution in [0.3, 0.4) is 0 Å². The number of aromatic nitrogens is 2. The molecule has 1 aliphatic carbocycles. The van der Waals surface area contributed by atoms with E-state index in [1.54, 1.807) is 4.57 Å². The van der Waals surface area contributed by atoms with Crippen LogP contribution >= 0.6 is 0 Å². The van der Waals surface area contributed by atoms with Crippen molar-refractivity contribution < 1.29 is 4.79 Å². The second-order valence-corrected chi connectivity index (χ2v) is 6.81. The van der Waals surface area contributed by atoms with Gasteiger partial charge in [-0.15, -0.1) is 0 Å². The van der Waals surface area contributed by atoms with Crippen molar-refractivity contribution in [1.82, 2.24) is 14.5 Å². The van der Waals surface area contributed by atoms with Gasteiger partial charge < -0.3 is 9.88 Å². The molecule has 1 saturated carbocycles. The summed E-state index contributed by atoms with van der Waals surface area (Å²) in [5.74, 6) is 0.803. The van der Waals surface area contributed by atoms with Gasteiger partial charge in [-0.05, 0) is 50.3 Å². The number of fused-ring (bicyclic) bond motifs is 1. The van der Waals surface area contributed by atoms with Gasteiger partial charge in [0.05, 0.1) is 11.0 Å². The fraction of sp³-hybridized carbons (Fsp3) is 0.556. The van der Waals surface area contributed by atoms with Gasteiger partial charge in [0, 0.05) is 24.7 Å². The monoisotopic (exact) mass is 313 g/mol. The molecule has 1 atom stereocenters. The highest BCUT2D eigenvalue weighted by Gasteiger charge is 2.39. The lowest BCUT2D eigenvalue weighted by Gasteiger charge is -2.44. The van der Waals surface area contributed by atoms with E-state index < -0.39 is 0 Å². The smallest absolute Gasteiger partial charge is 0.326 e. The number of rotatable bonds is 3. The fourth-order valence-corrected chi connectivity index (χ4v) is 4.27. The van der Waals surface area contributed by atoms with E-state index in [9.17, 15) is 9.59 Å². The molecule has 5 heteroatoms. The van der Waals surface area contributed by atoms with Crippen molar-refractivity contribution in [1.29, 1.82) is 0 Å². The van der Waals surface area contributed by atoms with Crippen LogP contribution in [0.4, 0.5) is 0 Å². The van der Waals surface area contributed by atoms with Crippen molar-refractivity contribution >= 4 is 16.9 Å². The summed E-state index contributed by atoms with van der Waals surface area (Å²) in [4.78, 5) is 29.6. The highest BCUT2D eigenvalue weighted by Crippen LogP contribution is 2.37. The largest absolute Gasteiger partial charge is 0.335 e. The van der Waals surface area contributed by atoms with Crippen LogP contribution in [0.15, 0.2) is 23.0 Å². The van der Waals surface area contributed by atoms with E-state index in [-0.39, 0.29) is 11.6 Å². The lowest BCUT2D eigenvalue weighted by molar-refractivity contribution is 0.0308. The van der Waals surface area contributed by atoms with Gasteiger partial charge >= 0.3 is 5.69 Å². The molecule has 5 nitrogen and oxygen atoms in total. The molecule has 1 N–H and O–H groups in total. The first-order valence-corrected chi connectivity index (χ1v) is 8.72. The quantitative estimate of drug-likeness (QED) is 0.947. The SMILES string of the molecule is CCn1c(=O)[nH]c2cc(C(=O)N3CCC3C3CCCC3)ccc21. The molecule has 1 aromatic carbocycles. The van der Waals surface area contributed by atoms with Gasteiger partial charge in [-0.3, -0.25) is 9.36 Å². The molecule has 4 rings (SSSR count). The lowest BCUT2D eigenvalue weighted by Crippen LogP contribution is -2.54. The van der Waals surface area contributed by atoms with E-state index >= 15 is 0 Å². The number of carbonyl (C=O) groups is 1. The number of nitrogens with one attached hydrogen (secondary N) is 1. The Labute approximate surface area is 135 Å². The molecule has 2 fully saturated rings. The van der Waals surface area contributed by atoms with E-state index in [1.807, 2.05) is 30.0 Å². The molecule has 2 aliphatic rings. The van der Waals surface area contributed by atoms with E-state index in [2.05, 4.69) is 4.98 Å². The van der Waals surface area contributed by atoms with Gasteiger partial charge in [-0.2, -0.15) is 0 Å². The summed E-state index contributed by atoms with van der Waals surface area (Å²) in [6.07, 6.45) is 6.28. The Morgan fingerprint density at radius 3 is 2.70 bits per heavy atom. The molecular formula is C18H23N3O2. The minimum Gasteiger partial charge on any atom is -0.335 e. The van der Waals surface area contributed by atoms with Crippen LogP contribution in [0.2, 0.25) is 0 Å². The average molecular weight is 313 g/mol. The van der Waals surface area contributed by atoms with Crippen molar-refractivity contribution in [3.05, 3.63) is 34.2 Å². The topological polar surface area (TPSA) is 58.1 Å². The normalized spacial score (nSPS) is 21.8. The fourth-order valence-electron chi connectivity index (χ4n) is 4.27. The number of hydrogen-bond acceptors (Lipinski definition) is 2. The first kappa shape index (κ1) is 14.5. The zero-order chi connectivity index (χ0) is 16.0. The molecule has 0 spiro atoms. The number of H-pyrrole nitrogens is 1. The van der Waals surface area contributed by atoms with Gasteiger partial charge in [-0.25, -0.2) is 4.79 Å². The van der Waals surface area contributed by atoms with Crippen molar-refractivity contribution in [2.45, 2.75) is 51.6 Å². The zero-order valence-electron chi connectivity index (χ0n) is 13.5. The number of hydrogen-bond donors (Lipinski definition) is 1. The van der Waals surface area contributed by atoms with Gasteiger partial charge in [-0.1, -0.05) is 12.8 Å². The maximum Gasteiger partial charge on any atom is 0.326 e. The standard InChI is InChI=1S/C18H23N3O2/c1-2-20-16-8-7-13(11-14(16)19-18(20)23)17(22)21-10-9-15(21)12-5-3-4-6-12/h7-8,11-12,15H,2-6,9-10H2,1H3,(H,19,23). The molecule has 0 radical (unpaired) electrons. The van der Waals surface area contributed by atoms with E-state index in [0.29, 0.717) is 24.1 Å². The Kier molecular flexibility index (Phi) is 3.51. The third kappa shape index (κ3) is 2.30. The van der Waals surface area contributed by atoms with Crippen LogP contribution < -0.4 is 5.69 Å². The van der Waals surface area contributed by atoms with E-state index in [0.717, 1.165) is 24.0 Å². The molecule has 1 unspecified atom stereocenters. The van der Waals surface area contributed by atoms with Gasteiger partial charge in [0.2, 0.25) is 0 Å². The second kappa shape index (κ2) is 5.55. The van der Waals surface area contributed by atoms with E-state index in [1.165, 1.54) is 25.7 Å². The number of likely N-dealkylation sites (tertiary alicyclic amines) is 1. The predicted octanol–water partition coefficient (Wildman–Crippen LogP) is 2.75. The number of benzene rings is 1. The molecule has 1 amide bonds. The molecule has 23 heavy (non-hydrogen) atoms. The summed E-state index contributed by atoms with van der Waals surface area (Å²) in [5, 5.41) is 0. The molecular weight excluding hydrogens is 290 g/mol. The molecule has 2 heterocycles. The number of imidazole rings is 1. The lowest BCUT2D eigenvalue weighted by atomic mass is 9.87. The number of nitrogens with zero attached hydrogens (tertiary/aromatic N) is 2. The molecule has 1 aromatic heterocycles. The van der Waals surface area contributed by atoms with Gasteiger partial charge in [0.1, 0.15) is 0 Å². The highest BCUT2D eigenvalue weighted by atomic mass is 16.2. The number of aryl methyl sites for hydroxylation is 1. The van der Waals surface area contributed by atoms with E-state index in [4.69, 9.17) is 0 Å². The van der Waals surface area contributed by atoms with Gasteiger partial charge in [0.15, 0.2) is 0 Å². The molecule has 1 saturated heterocycles. The number of amides is 1. The zero-order valence-corrected chi connectivity index (χ0v) is 13.5. The summed E-state index contributed by atoms with van der Waals surface area (Å²) in [5.41, 5.74) is 2.19. The average Bonchev–Trinajstić information content (AvgIpc) is 3.12. The van der Waals surface area contributed by atoms with Crippen LogP contribution in [-0.4, -0.2) is 32.9 Å². The van der Waals surface area contributed by atoms with Crippen molar-refractivity contribution in [2.24, 2.45) is 5.92 Å². The van der Waals surface area contributed by atoms with Crippen LogP contribution in [0, 0.1) is 5.92 Å². The maximum atomic E-state index is 12.8. The Morgan fingerprint density at radius 2 is 2.04 bits per heavy atom. The molecule has 0 bridgehead atoms. The summed E-state index contributed by atoms with van der Waals surface area (Å²) >= 11 is 0. The molecule has 1 aliphatic heterocycles. The predicted molar refractivity (Wildman–Crippen MR) is 89.6 cm³/mol. The highest BCUT2D eigenvalue weighted by molar-refractivity contribution is 5.98. The second-order valence-electron chi connectivity index (χ2n) is 6.81. The van der Waals surface area contributed by atoms with Crippen LogP contribution in [0.1, 0.15) is 49.4 Å². The van der Waals surface area contributed by atoms with Gasteiger partial charge in [0.25, 0.3) is 5.91 Å². The Bertz CT molecular complexity index is 798. The summed E-state index contributed by atoms with van der Waals surface area (Å²) in [7, 11) is 0. The summed E-state index contributed by atoms with van der Waals surface area (Å²) in [6, 6.07) is 6.00. The maximum absolute atomic E-state index is 12.8. The Hall–Kier alpha value is -2.04. The first-order chi connectivity index (χ1) is 11.2. The Balaban J connectivity index is 1.61. The first-order valence-electron chi connectivity index (χ1n) is 8.72. The Morgan fingerprint density at radius 1 is 1.26 bits per heavy atom. The minimum absolute atomic E-state index is 0.111. The van der Waals surface area contributed by atoms with Crippen molar-refractivity contribution in [2.75, 3.05) is 6.54 Å². The molecule has 122 valence electrons. The van der Waals surface area contributed by atoms with Crippen molar-refractivity contribution in [3.63, 3.8) is 0 Å². The summed E-state index contributed by atoms with van der Waals surface area (Å²) < 4.78 is 1.69. The number of carbonyl (C=O) groups excluding carboxylic acids is 1. The van der Waals surface area contributed by atoms with Crippen molar-refractivity contribution in [3.8, 4) is 0 Å². The third-order valence-electron chi connectivity index (χ3n) is 5.61. The third-order valence-corrected chi connectivity index (χ3v) is 5.61. The van der Waals surface area contributed by atoms with Crippen LogP contribution in [0.5, 0.6) is 0 Å². The summed E-state index contributed by atoms with van der Waals surface area (Å²) in [6.45, 7) is 3.44. The van der Waals surface area contributed by atoms with Crippen LogP contribution in [-0.2, 0) is 6.54 Å². The minimum atomic E-state index is -0.111. The number of aromatic amines is 1. The van der Waals surface area contributed by atoms with Crippen LogP contribution in [0.25, 0.3) is 11.0 Å². The molecule has 2 aromatic rings.